The summed E-state index contributed by atoms with van der Waals surface area (Å²) in [5.41, 5.74) is 0.677. The third-order valence-electron chi connectivity index (χ3n) is 2.90. The van der Waals surface area contributed by atoms with Gasteiger partial charge in [0.25, 0.3) is 0 Å². The van der Waals surface area contributed by atoms with E-state index >= 15 is 0 Å². The molecule has 0 aliphatic heterocycles. The van der Waals surface area contributed by atoms with Gasteiger partial charge < -0.3 is 4.42 Å². The van der Waals surface area contributed by atoms with Crippen molar-refractivity contribution >= 4 is 44.3 Å². The molecule has 100 valence electrons. The smallest absolute Gasteiger partial charge is 0.228 e. The zero-order chi connectivity index (χ0) is 14.3. The molecule has 0 spiro atoms. The van der Waals surface area contributed by atoms with Gasteiger partial charge in [0, 0.05) is 10.9 Å². The van der Waals surface area contributed by atoms with Crippen molar-refractivity contribution in [3.05, 3.63) is 69.1 Å². The third kappa shape index (κ3) is 2.25. The topological polar surface area (TPSA) is 30.2 Å². The highest BCUT2D eigenvalue weighted by Gasteiger charge is 2.17. The molecule has 0 N–H and O–H groups in total. The monoisotopic (exact) mass is 352 g/mol. The van der Waals surface area contributed by atoms with Crippen LogP contribution in [-0.2, 0) is 0 Å². The van der Waals surface area contributed by atoms with Crippen molar-refractivity contribution in [2.24, 2.45) is 0 Å². The van der Waals surface area contributed by atoms with Crippen molar-refractivity contribution in [2.45, 2.75) is 0 Å². The highest BCUT2D eigenvalue weighted by atomic mass is 79.9. The molecular formula is C15H7BrClFO2. The molecule has 0 fully saturated rings. The van der Waals surface area contributed by atoms with Gasteiger partial charge in [0.2, 0.25) is 5.78 Å². The number of hydrogen-bond acceptors (Lipinski definition) is 2. The molecule has 20 heavy (non-hydrogen) atoms. The predicted molar refractivity (Wildman–Crippen MR) is 78.8 cm³/mol. The molecule has 0 aliphatic carbocycles. The second-order valence-corrected chi connectivity index (χ2v) is 5.49. The van der Waals surface area contributed by atoms with Crippen LogP contribution in [0, 0.1) is 5.82 Å². The van der Waals surface area contributed by atoms with Crippen LogP contribution in [0.25, 0.3) is 11.0 Å². The van der Waals surface area contributed by atoms with E-state index in [1.807, 2.05) is 0 Å². The van der Waals surface area contributed by atoms with E-state index in [9.17, 15) is 9.18 Å². The average Bonchev–Trinajstić information content (AvgIpc) is 2.86. The molecule has 0 radical (unpaired) electrons. The first-order chi connectivity index (χ1) is 9.56. The number of carbonyl (C=O) groups is 1. The maximum Gasteiger partial charge on any atom is 0.228 e. The molecule has 0 amide bonds. The number of fused-ring (bicyclic) bond motifs is 1. The molecule has 0 unspecified atom stereocenters. The van der Waals surface area contributed by atoms with Crippen LogP contribution in [0.2, 0.25) is 5.02 Å². The van der Waals surface area contributed by atoms with Crippen LogP contribution in [-0.4, -0.2) is 5.78 Å². The normalized spacial score (nSPS) is 10.9. The molecule has 0 saturated heterocycles. The third-order valence-corrected chi connectivity index (χ3v) is 3.84. The number of para-hydroxylation sites is 1. The maximum atomic E-state index is 13.5. The molecule has 3 aromatic rings. The van der Waals surface area contributed by atoms with Gasteiger partial charge in [0.1, 0.15) is 5.82 Å². The van der Waals surface area contributed by atoms with Crippen LogP contribution in [0.15, 0.2) is 51.4 Å². The minimum absolute atomic E-state index is 0.134. The predicted octanol–water partition coefficient (Wildman–Crippen LogP) is 5.22. The second kappa shape index (κ2) is 5.04. The number of ketones is 1. The van der Waals surface area contributed by atoms with E-state index in [2.05, 4.69) is 15.9 Å². The Morgan fingerprint density at radius 1 is 1.20 bits per heavy atom. The molecule has 0 saturated carbocycles. The van der Waals surface area contributed by atoms with Gasteiger partial charge in [-0.2, -0.15) is 0 Å². The molecule has 0 aliphatic rings. The fourth-order valence-electron chi connectivity index (χ4n) is 1.92. The van der Waals surface area contributed by atoms with Gasteiger partial charge in [0.05, 0.1) is 9.50 Å². The highest BCUT2D eigenvalue weighted by molar-refractivity contribution is 9.10. The summed E-state index contributed by atoms with van der Waals surface area (Å²) < 4.78 is 19.2. The highest BCUT2D eigenvalue weighted by Crippen LogP contribution is 2.28. The Bertz CT molecular complexity index is 826. The standard InChI is InChI=1S/C15H7BrClFO2/c16-10-5-4-8(6-12(10)18)14(19)13-7-9-2-1-3-11(17)15(9)20-13/h1-7H. The molecule has 1 aromatic heterocycles. The summed E-state index contributed by atoms with van der Waals surface area (Å²) in [6.45, 7) is 0. The number of hydrogen-bond donors (Lipinski definition) is 0. The van der Waals surface area contributed by atoms with Gasteiger partial charge in [-0.1, -0.05) is 23.7 Å². The Morgan fingerprint density at radius 2 is 2.00 bits per heavy atom. The molecule has 3 rings (SSSR count). The molecule has 5 heteroatoms. The number of halogens is 3. The SMILES string of the molecule is O=C(c1ccc(Br)c(F)c1)c1cc2cccc(Cl)c2o1. The zero-order valence-corrected chi connectivity index (χ0v) is 12.3. The van der Waals surface area contributed by atoms with Crippen molar-refractivity contribution in [3.8, 4) is 0 Å². The lowest BCUT2D eigenvalue weighted by molar-refractivity contribution is 0.101. The Kier molecular flexibility index (Phi) is 3.36. The number of furan rings is 1. The van der Waals surface area contributed by atoms with Crippen LogP contribution >= 0.6 is 27.5 Å². The first-order valence-electron chi connectivity index (χ1n) is 5.74. The van der Waals surface area contributed by atoms with Crippen molar-refractivity contribution < 1.29 is 13.6 Å². The van der Waals surface area contributed by atoms with Crippen LogP contribution in [0.4, 0.5) is 4.39 Å². The van der Waals surface area contributed by atoms with E-state index in [-0.39, 0.29) is 17.1 Å². The number of benzene rings is 2. The molecule has 2 aromatic carbocycles. The van der Waals surface area contributed by atoms with Gasteiger partial charge in [-0.05, 0) is 46.3 Å². The van der Waals surface area contributed by atoms with Crippen molar-refractivity contribution in [1.82, 2.24) is 0 Å². The van der Waals surface area contributed by atoms with E-state index in [4.69, 9.17) is 16.0 Å². The second-order valence-electron chi connectivity index (χ2n) is 4.23. The molecule has 0 bridgehead atoms. The first-order valence-corrected chi connectivity index (χ1v) is 6.91. The fraction of sp³-hybridized carbons (Fsp3) is 0. The summed E-state index contributed by atoms with van der Waals surface area (Å²) in [6.07, 6.45) is 0. The maximum absolute atomic E-state index is 13.5. The minimum Gasteiger partial charge on any atom is -0.451 e. The number of rotatable bonds is 2. The summed E-state index contributed by atoms with van der Waals surface area (Å²) >= 11 is 9.04. The van der Waals surface area contributed by atoms with Gasteiger partial charge in [-0.15, -0.1) is 0 Å². The van der Waals surface area contributed by atoms with Gasteiger partial charge >= 0.3 is 0 Å². The average molecular weight is 354 g/mol. The van der Waals surface area contributed by atoms with Crippen LogP contribution < -0.4 is 0 Å². The lowest BCUT2D eigenvalue weighted by Gasteiger charge is -1.99. The Hall–Kier alpha value is -1.65. The number of carbonyl (C=O) groups excluding carboxylic acids is 1. The quantitative estimate of drug-likeness (QED) is 0.591. The van der Waals surface area contributed by atoms with Gasteiger partial charge in [0.15, 0.2) is 11.3 Å². The van der Waals surface area contributed by atoms with E-state index in [1.54, 1.807) is 24.3 Å². The zero-order valence-electron chi connectivity index (χ0n) is 9.99. The Labute approximate surface area is 127 Å². The van der Waals surface area contributed by atoms with Gasteiger partial charge in [-0.25, -0.2) is 4.39 Å². The van der Waals surface area contributed by atoms with E-state index in [1.165, 1.54) is 18.2 Å². The Balaban J connectivity index is 2.08. The summed E-state index contributed by atoms with van der Waals surface area (Å²) in [5.74, 6) is -0.747. The lowest BCUT2D eigenvalue weighted by atomic mass is 10.1. The fourth-order valence-corrected chi connectivity index (χ4v) is 2.39. The van der Waals surface area contributed by atoms with E-state index in [0.29, 0.717) is 15.1 Å². The van der Waals surface area contributed by atoms with Crippen molar-refractivity contribution in [1.29, 1.82) is 0 Å². The van der Waals surface area contributed by atoms with Crippen LogP contribution in [0.1, 0.15) is 16.1 Å². The first kappa shape index (κ1) is 13.3. The van der Waals surface area contributed by atoms with Crippen LogP contribution in [0.3, 0.4) is 0 Å². The van der Waals surface area contributed by atoms with E-state index < -0.39 is 5.82 Å². The summed E-state index contributed by atoms with van der Waals surface area (Å²) in [7, 11) is 0. The van der Waals surface area contributed by atoms with Crippen molar-refractivity contribution in [3.63, 3.8) is 0 Å². The van der Waals surface area contributed by atoms with Crippen LogP contribution in [0.5, 0.6) is 0 Å². The minimum atomic E-state index is -0.495. The summed E-state index contributed by atoms with van der Waals surface area (Å²) in [4.78, 5) is 12.3. The molecule has 2 nitrogen and oxygen atoms in total. The van der Waals surface area contributed by atoms with Crippen molar-refractivity contribution in [2.75, 3.05) is 0 Å². The molecule has 0 atom stereocenters. The molecular weight excluding hydrogens is 347 g/mol. The largest absolute Gasteiger partial charge is 0.451 e. The summed E-state index contributed by atoms with van der Waals surface area (Å²) in [6, 6.07) is 11.0. The molecule has 1 heterocycles. The van der Waals surface area contributed by atoms with E-state index in [0.717, 1.165) is 5.39 Å². The lowest BCUT2D eigenvalue weighted by Crippen LogP contribution is -2.00. The summed E-state index contributed by atoms with van der Waals surface area (Å²) in [5, 5.41) is 1.17. The van der Waals surface area contributed by atoms with Gasteiger partial charge in [-0.3, -0.25) is 4.79 Å². The Morgan fingerprint density at radius 3 is 2.70 bits per heavy atom.